The van der Waals surface area contributed by atoms with Crippen LogP contribution in [0.2, 0.25) is 0 Å². The van der Waals surface area contributed by atoms with Crippen LogP contribution in [0.25, 0.3) is 0 Å². The number of rotatable bonds is 7. The number of Topliss-reactive ketones (excluding diaryl/α,β-unsaturated/α-hetero) is 1. The van der Waals surface area contributed by atoms with Gasteiger partial charge in [-0.15, -0.1) is 0 Å². The molecule has 1 aliphatic heterocycles. The molecule has 1 aromatic carbocycles. The Morgan fingerprint density at radius 1 is 1.21 bits per heavy atom. The minimum Gasteiger partial charge on any atom is -0.312 e. The molecule has 0 amide bonds. The standard InChI is InChI=1S/C17H25NO/c1-2-3-4-5-6-11-17(19)16-13-18-12-14-9-7-8-10-15(14)16/h7-10,16,18H,2-6,11-13H2,1H3. The van der Waals surface area contributed by atoms with Gasteiger partial charge in [0.15, 0.2) is 0 Å². The number of hydrogen-bond donors (Lipinski definition) is 1. The third-order valence-electron chi connectivity index (χ3n) is 4.01. The summed E-state index contributed by atoms with van der Waals surface area (Å²) in [6, 6.07) is 8.35. The fourth-order valence-electron chi connectivity index (χ4n) is 2.86. The normalized spacial score (nSPS) is 18.1. The van der Waals surface area contributed by atoms with E-state index in [2.05, 4.69) is 30.4 Å². The van der Waals surface area contributed by atoms with Crippen LogP contribution in [0.3, 0.4) is 0 Å². The molecule has 2 rings (SSSR count). The first kappa shape index (κ1) is 14.3. The van der Waals surface area contributed by atoms with E-state index in [1.165, 1.54) is 36.8 Å². The lowest BCUT2D eigenvalue weighted by atomic mass is 9.86. The van der Waals surface area contributed by atoms with Gasteiger partial charge in [0.05, 0.1) is 5.92 Å². The van der Waals surface area contributed by atoms with E-state index in [9.17, 15) is 4.79 Å². The maximum atomic E-state index is 12.4. The van der Waals surface area contributed by atoms with Crippen molar-refractivity contribution in [1.29, 1.82) is 0 Å². The number of hydrogen-bond acceptors (Lipinski definition) is 2. The highest BCUT2D eigenvalue weighted by Crippen LogP contribution is 2.26. The molecule has 0 aliphatic carbocycles. The Bertz CT molecular complexity index is 413. The van der Waals surface area contributed by atoms with Crippen molar-refractivity contribution in [3.63, 3.8) is 0 Å². The number of nitrogens with one attached hydrogen (secondary N) is 1. The highest BCUT2D eigenvalue weighted by Gasteiger charge is 2.25. The second kappa shape index (κ2) is 7.44. The van der Waals surface area contributed by atoms with Gasteiger partial charge < -0.3 is 5.32 Å². The van der Waals surface area contributed by atoms with Crippen LogP contribution in [-0.2, 0) is 11.3 Å². The third kappa shape index (κ3) is 3.90. The largest absolute Gasteiger partial charge is 0.312 e. The molecule has 1 atom stereocenters. The van der Waals surface area contributed by atoms with Crippen molar-refractivity contribution in [3.8, 4) is 0 Å². The SMILES string of the molecule is CCCCCCCC(=O)C1CNCc2ccccc21. The van der Waals surface area contributed by atoms with E-state index in [0.29, 0.717) is 5.78 Å². The fraction of sp³-hybridized carbons (Fsp3) is 0.588. The number of carbonyl (C=O) groups is 1. The van der Waals surface area contributed by atoms with E-state index in [1.807, 2.05) is 6.07 Å². The average molecular weight is 259 g/mol. The summed E-state index contributed by atoms with van der Waals surface area (Å²) in [5.74, 6) is 0.493. The minimum absolute atomic E-state index is 0.0797. The quantitative estimate of drug-likeness (QED) is 0.755. The van der Waals surface area contributed by atoms with E-state index in [1.54, 1.807) is 0 Å². The van der Waals surface area contributed by atoms with Crippen molar-refractivity contribution in [1.82, 2.24) is 5.32 Å². The van der Waals surface area contributed by atoms with Crippen molar-refractivity contribution in [3.05, 3.63) is 35.4 Å². The molecule has 19 heavy (non-hydrogen) atoms. The molecule has 1 N–H and O–H groups in total. The second-order valence-corrected chi connectivity index (χ2v) is 5.51. The van der Waals surface area contributed by atoms with Gasteiger partial charge in [0, 0.05) is 19.5 Å². The van der Waals surface area contributed by atoms with Gasteiger partial charge in [0.2, 0.25) is 0 Å². The molecule has 104 valence electrons. The zero-order valence-electron chi connectivity index (χ0n) is 12.0. The van der Waals surface area contributed by atoms with Crippen molar-refractivity contribution in [2.75, 3.05) is 6.54 Å². The zero-order chi connectivity index (χ0) is 13.5. The molecule has 2 nitrogen and oxygen atoms in total. The lowest BCUT2D eigenvalue weighted by Gasteiger charge is -2.25. The molecule has 0 radical (unpaired) electrons. The number of benzene rings is 1. The summed E-state index contributed by atoms with van der Waals surface area (Å²) in [5, 5.41) is 3.36. The van der Waals surface area contributed by atoms with Gasteiger partial charge in [-0.05, 0) is 17.5 Å². The molecule has 0 spiro atoms. The molecule has 1 unspecified atom stereocenters. The Balaban J connectivity index is 1.86. The van der Waals surface area contributed by atoms with Crippen molar-refractivity contribution in [2.45, 2.75) is 57.9 Å². The monoisotopic (exact) mass is 259 g/mol. The van der Waals surface area contributed by atoms with Crippen molar-refractivity contribution >= 4 is 5.78 Å². The maximum absolute atomic E-state index is 12.4. The second-order valence-electron chi connectivity index (χ2n) is 5.51. The molecule has 0 saturated carbocycles. The van der Waals surface area contributed by atoms with Gasteiger partial charge in [-0.25, -0.2) is 0 Å². The molecule has 0 aromatic heterocycles. The Morgan fingerprint density at radius 3 is 2.84 bits per heavy atom. The van der Waals surface area contributed by atoms with Crippen molar-refractivity contribution < 1.29 is 4.79 Å². The third-order valence-corrected chi connectivity index (χ3v) is 4.01. The Kier molecular flexibility index (Phi) is 5.59. The number of ketones is 1. The molecule has 0 bridgehead atoms. The maximum Gasteiger partial charge on any atom is 0.141 e. The summed E-state index contributed by atoms with van der Waals surface area (Å²) in [4.78, 5) is 12.4. The first-order valence-electron chi connectivity index (χ1n) is 7.64. The van der Waals surface area contributed by atoms with Crippen molar-refractivity contribution in [2.24, 2.45) is 0 Å². The smallest absolute Gasteiger partial charge is 0.141 e. The van der Waals surface area contributed by atoms with Crippen LogP contribution >= 0.6 is 0 Å². The molecule has 0 saturated heterocycles. The molecule has 1 aromatic rings. The summed E-state index contributed by atoms with van der Waals surface area (Å²) in [6.45, 7) is 3.93. The predicted molar refractivity (Wildman–Crippen MR) is 79.3 cm³/mol. The van der Waals surface area contributed by atoms with Crippen LogP contribution in [0.5, 0.6) is 0 Å². The van der Waals surface area contributed by atoms with Crippen LogP contribution in [0.1, 0.15) is 62.5 Å². The van der Waals surface area contributed by atoms with Gasteiger partial charge in [-0.1, -0.05) is 56.9 Å². The van der Waals surface area contributed by atoms with Gasteiger partial charge in [-0.3, -0.25) is 4.79 Å². The van der Waals surface area contributed by atoms with Gasteiger partial charge in [0.25, 0.3) is 0 Å². The van der Waals surface area contributed by atoms with Crippen LogP contribution in [-0.4, -0.2) is 12.3 Å². The highest BCUT2D eigenvalue weighted by molar-refractivity contribution is 5.86. The van der Waals surface area contributed by atoms with E-state index in [4.69, 9.17) is 0 Å². The first-order chi connectivity index (χ1) is 9.33. The fourth-order valence-corrected chi connectivity index (χ4v) is 2.86. The predicted octanol–water partition coefficient (Wildman–Crippen LogP) is 3.80. The molecule has 1 heterocycles. The Hall–Kier alpha value is -1.15. The van der Waals surface area contributed by atoms with Gasteiger partial charge in [-0.2, -0.15) is 0 Å². The number of unbranched alkanes of at least 4 members (excludes halogenated alkanes) is 4. The van der Waals surface area contributed by atoms with E-state index in [-0.39, 0.29) is 5.92 Å². The molecular formula is C17H25NO. The average Bonchev–Trinajstić information content (AvgIpc) is 2.46. The number of carbonyl (C=O) groups excluding carboxylic acids is 1. The summed E-state index contributed by atoms with van der Waals surface area (Å²) in [5.41, 5.74) is 2.54. The summed E-state index contributed by atoms with van der Waals surface area (Å²) >= 11 is 0. The van der Waals surface area contributed by atoms with E-state index < -0.39 is 0 Å². The summed E-state index contributed by atoms with van der Waals surface area (Å²) in [6.07, 6.45) is 6.81. The summed E-state index contributed by atoms with van der Waals surface area (Å²) in [7, 11) is 0. The lowest BCUT2D eigenvalue weighted by molar-refractivity contribution is -0.120. The van der Waals surface area contributed by atoms with Crippen LogP contribution < -0.4 is 5.32 Å². The van der Waals surface area contributed by atoms with Gasteiger partial charge in [0.1, 0.15) is 5.78 Å². The molecular weight excluding hydrogens is 234 g/mol. The van der Waals surface area contributed by atoms with E-state index >= 15 is 0 Å². The Labute approximate surface area is 116 Å². The molecule has 1 aliphatic rings. The van der Waals surface area contributed by atoms with Gasteiger partial charge >= 0.3 is 0 Å². The zero-order valence-corrected chi connectivity index (χ0v) is 12.0. The Morgan fingerprint density at radius 2 is 2.00 bits per heavy atom. The lowest BCUT2D eigenvalue weighted by Crippen LogP contribution is -2.32. The minimum atomic E-state index is 0.0797. The first-order valence-corrected chi connectivity index (χ1v) is 7.64. The summed E-state index contributed by atoms with van der Waals surface area (Å²) < 4.78 is 0. The topological polar surface area (TPSA) is 29.1 Å². The molecule has 2 heteroatoms. The van der Waals surface area contributed by atoms with Crippen LogP contribution in [0, 0.1) is 0 Å². The van der Waals surface area contributed by atoms with Crippen LogP contribution in [0.15, 0.2) is 24.3 Å². The highest BCUT2D eigenvalue weighted by atomic mass is 16.1. The number of fused-ring (bicyclic) bond motifs is 1. The molecule has 0 fully saturated rings. The van der Waals surface area contributed by atoms with E-state index in [0.717, 1.165) is 25.9 Å². The van der Waals surface area contributed by atoms with Crippen LogP contribution in [0.4, 0.5) is 0 Å².